The van der Waals surface area contributed by atoms with Crippen molar-refractivity contribution in [3.05, 3.63) is 35.9 Å². The number of nitrogens with two attached hydrogens (primary N) is 1. The van der Waals surface area contributed by atoms with E-state index in [4.69, 9.17) is 20.9 Å². The van der Waals surface area contributed by atoms with E-state index in [2.05, 4.69) is 5.32 Å². The summed E-state index contributed by atoms with van der Waals surface area (Å²) < 4.78 is 0. The van der Waals surface area contributed by atoms with E-state index in [0.29, 0.717) is 12.3 Å². The minimum Gasteiger partial charge on any atom is -0.480 e. The number of hydrogen-bond acceptors (Lipinski definition) is 5. The Kier molecular flexibility index (Phi) is 10.9. The zero-order valence-corrected chi connectivity index (χ0v) is 14.9. The third-order valence-electron chi connectivity index (χ3n) is 3.84. The van der Waals surface area contributed by atoms with Gasteiger partial charge < -0.3 is 26.2 Å². The van der Waals surface area contributed by atoms with Gasteiger partial charge >= 0.3 is 13.1 Å². The first kappa shape index (κ1) is 22.9. The summed E-state index contributed by atoms with van der Waals surface area (Å²) in [5.41, 5.74) is 6.43. The first-order chi connectivity index (χ1) is 10.8. The van der Waals surface area contributed by atoms with Crippen LogP contribution in [0.1, 0.15) is 38.2 Å². The molecule has 0 aliphatic carbocycles. The number of benzene rings is 1. The van der Waals surface area contributed by atoms with E-state index in [1.165, 1.54) is 0 Å². The molecule has 0 aromatic heterocycles. The molecule has 1 saturated heterocycles. The van der Waals surface area contributed by atoms with Crippen molar-refractivity contribution in [1.29, 1.82) is 0 Å². The molecule has 1 fully saturated rings. The van der Waals surface area contributed by atoms with E-state index < -0.39 is 25.1 Å². The molecule has 0 bridgehead atoms. The predicted molar refractivity (Wildman–Crippen MR) is 98.1 cm³/mol. The average molecular weight is 359 g/mol. The Balaban J connectivity index is 0.000000468. The van der Waals surface area contributed by atoms with E-state index in [1.54, 1.807) is 0 Å². The number of nitrogens with one attached hydrogen (secondary N) is 1. The molecule has 6 nitrogen and oxygen atoms in total. The minimum atomic E-state index is -1.37. The fraction of sp³-hybridized carbons (Fsp3) is 0.562. The van der Waals surface area contributed by atoms with Crippen LogP contribution in [0, 0.1) is 5.92 Å². The zero-order chi connectivity index (χ0) is 17.4. The van der Waals surface area contributed by atoms with Gasteiger partial charge in [-0.1, -0.05) is 44.2 Å². The van der Waals surface area contributed by atoms with E-state index in [0.717, 1.165) is 18.5 Å². The summed E-state index contributed by atoms with van der Waals surface area (Å²) in [4.78, 5) is 10.9. The third-order valence-corrected chi connectivity index (χ3v) is 3.84. The highest BCUT2D eigenvalue weighted by Crippen LogP contribution is 2.27. The zero-order valence-electron chi connectivity index (χ0n) is 14.1. The molecular formula is C16H28BClN2O4. The van der Waals surface area contributed by atoms with E-state index in [-0.39, 0.29) is 18.3 Å². The van der Waals surface area contributed by atoms with Crippen LogP contribution in [0.4, 0.5) is 0 Å². The first-order valence-corrected chi connectivity index (χ1v) is 7.95. The van der Waals surface area contributed by atoms with Gasteiger partial charge in [0.1, 0.15) is 6.04 Å². The molecule has 136 valence electrons. The van der Waals surface area contributed by atoms with Crippen LogP contribution in [0.5, 0.6) is 0 Å². The molecule has 1 aliphatic heterocycles. The average Bonchev–Trinajstić information content (AvgIpc) is 2.97. The number of carboxylic acids is 1. The number of rotatable bonds is 5. The van der Waals surface area contributed by atoms with Crippen LogP contribution in [-0.2, 0) is 4.79 Å². The Morgan fingerprint density at radius 1 is 1.33 bits per heavy atom. The second-order valence-electron chi connectivity index (χ2n) is 6.28. The van der Waals surface area contributed by atoms with Crippen molar-refractivity contribution in [3.8, 4) is 0 Å². The summed E-state index contributed by atoms with van der Waals surface area (Å²) in [6.45, 7) is 4.76. The van der Waals surface area contributed by atoms with Crippen molar-refractivity contribution < 1.29 is 19.9 Å². The summed E-state index contributed by atoms with van der Waals surface area (Å²) in [6, 6.07) is 9.42. The van der Waals surface area contributed by atoms with Gasteiger partial charge in [0, 0.05) is 11.9 Å². The second-order valence-corrected chi connectivity index (χ2v) is 6.28. The standard InChI is InChI=1S/C11H13NO2.C5H14BNO2.ClH/c13-11(14)10-9(6-7-12-10)8-4-2-1-3-5-8;1-4(2)3-5(7)6(8)9;/h1-5,9-10,12H,6-7H2,(H,13,14);4-5,8-9H,3,7H2,1-2H3;1H/t9-,10+;5-;/m10./s1. The Hall–Kier alpha value is -1.12. The van der Waals surface area contributed by atoms with Gasteiger partial charge in [0.05, 0.1) is 0 Å². The highest BCUT2D eigenvalue weighted by Gasteiger charge is 2.33. The smallest absolute Gasteiger partial charge is 0.469 e. The summed E-state index contributed by atoms with van der Waals surface area (Å²) in [5.74, 6) is -0.711. The van der Waals surface area contributed by atoms with Gasteiger partial charge in [0.15, 0.2) is 0 Å². The maximum Gasteiger partial charge on any atom is 0.469 e. The van der Waals surface area contributed by atoms with Gasteiger partial charge in [0.2, 0.25) is 0 Å². The monoisotopic (exact) mass is 358 g/mol. The molecule has 0 unspecified atom stereocenters. The number of halogens is 1. The normalized spacial score (nSPS) is 20.6. The highest BCUT2D eigenvalue weighted by molar-refractivity contribution is 6.43. The summed E-state index contributed by atoms with van der Waals surface area (Å²) in [7, 11) is -1.37. The molecule has 0 amide bonds. The van der Waals surface area contributed by atoms with E-state index in [1.807, 2.05) is 44.2 Å². The van der Waals surface area contributed by atoms with Crippen molar-refractivity contribution in [1.82, 2.24) is 5.32 Å². The Morgan fingerprint density at radius 2 is 1.92 bits per heavy atom. The number of hydrogen-bond donors (Lipinski definition) is 5. The van der Waals surface area contributed by atoms with Crippen LogP contribution in [0.3, 0.4) is 0 Å². The molecule has 2 rings (SSSR count). The Labute approximate surface area is 150 Å². The molecule has 0 radical (unpaired) electrons. The summed E-state index contributed by atoms with van der Waals surface area (Å²) in [5, 5.41) is 29.0. The van der Waals surface area contributed by atoms with Crippen molar-refractivity contribution >= 4 is 25.5 Å². The van der Waals surface area contributed by atoms with E-state index >= 15 is 0 Å². The molecule has 6 N–H and O–H groups in total. The summed E-state index contributed by atoms with van der Waals surface area (Å²) >= 11 is 0. The third kappa shape index (κ3) is 7.64. The van der Waals surface area contributed by atoms with Crippen molar-refractivity contribution in [2.45, 2.75) is 44.6 Å². The molecule has 1 aromatic rings. The molecule has 24 heavy (non-hydrogen) atoms. The van der Waals surface area contributed by atoms with E-state index in [9.17, 15) is 4.79 Å². The maximum absolute atomic E-state index is 10.9. The maximum atomic E-state index is 10.9. The lowest BCUT2D eigenvalue weighted by Gasteiger charge is -2.15. The highest BCUT2D eigenvalue weighted by atomic mass is 35.5. The van der Waals surface area contributed by atoms with Gasteiger partial charge in [-0.2, -0.15) is 0 Å². The van der Waals surface area contributed by atoms with Crippen LogP contribution in [0.25, 0.3) is 0 Å². The molecule has 0 spiro atoms. The predicted octanol–water partition coefficient (Wildman–Crippen LogP) is 1.01. The van der Waals surface area contributed by atoms with Gasteiger partial charge in [-0.15, -0.1) is 12.4 Å². The Bertz CT molecular complexity index is 476. The van der Waals surface area contributed by atoms with Crippen LogP contribution in [-0.4, -0.2) is 46.8 Å². The second kappa shape index (κ2) is 11.4. The quantitative estimate of drug-likeness (QED) is 0.502. The van der Waals surface area contributed by atoms with Crippen LogP contribution >= 0.6 is 12.4 Å². The molecule has 8 heteroatoms. The number of aliphatic carboxylic acids is 1. The van der Waals surface area contributed by atoms with Crippen LogP contribution in [0.15, 0.2) is 30.3 Å². The van der Waals surface area contributed by atoms with Crippen molar-refractivity contribution in [2.24, 2.45) is 11.7 Å². The topological polar surface area (TPSA) is 116 Å². The molecular weight excluding hydrogens is 330 g/mol. The van der Waals surface area contributed by atoms with Gasteiger partial charge in [-0.25, -0.2) is 0 Å². The molecule has 1 aromatic carbocycles. The lowest BCUT2D eigenvalue weighted by Crippen LogP contribution is -2.39. The van der Waals surface area contributed by atoms with Gasteiger partial charge in [0.25, 0.3) is 0 Å². The first-order valence-electron chi connectivity index (χ1n) is 7.95. The minimum absolute atomic E-state index is 0. The lowest BCUT2D eigenvalue weighted by atomic mass is 9.76. The van der Waals surface area contributed by atoms with Crippen LogP contribution in [0.2, 0.25) is 0 Å². The van der Waals surface area contributed by atoms with Crippen molar-refractivity contribution in [2.75, 3.05) is 6.54 Å². The molecule has 1 heterocycles. The SMILES string of the molecule is CC(C)C[C@H](N)B(O)O.Cl.O=C(O)[C@H]1NCC[C@@H]1c1ccccc1. The fourth-order valence-electron chi connectivity index (χ4n) is 2.69. The number of carboxylic acid groups (broad SMARTS) is 1. The Morgan fingerprint density at radius 3 is 2.33 bits per heavy atom. The van der Waals surface area contributed by atoms with Crippen molar-refractivity contribution in [3.63, 3.8) is 0 Å². The fourth-order valence-corrected chi connectivity index (χ4v) is 2.69. The molecule has 1 aliphatic rings. The molecule has 0 saturated carbocycles. The molecule has 3 atom stereocenters. The van der Waals surface area contributed by atoms with Gasteiger partial charge in [-0.3, -0.25) is 4.79 Å². The van der Waals surface area contributed by atoms with Crippen LogP contribution < -0.4 is 11.1 Å². The lowest BCUT2D eigenvalue weighted by molar-refractivity contribution is -0.139. The summed E-state index contributed by atoms with van der Waals surface area (Å²) in [6.07, 6.45) is 1.55. The largest absolute Gasteiger partial charge is 0.480 e. The number of carbonyl (C=O) groups is 1. The van der Waals surface area contributed by atoms with Gasteiger partial charge in [-0.05, 0) is 30.9 Å².